The summed E-state index contributed by atoms with van der Waals surface area (Å²) in [6.07, 6.45) is 0.506. The van der Waals surface area contributed by atoms with Crippen molar-refractivity contribution >= 4 is 5.91 Å². The molecule has 0 saturated heterocycles. The van der Waals surface area contributed by atoms with Gasteiger partial charge in [0.2, 0.25) is 5.91 Å². The van der Waals surface area contributed by atoms with Crippen molar-refractivity contribution in [3.8, 4) is 0 Å². The second-order valence-corrected chi connectivity index (χ2v) is 3.06. The summed E-state index contributed by atoms with van der Waals surface area (Å²) in [7, 11) is 0. The fourth-order valence-electron chi connectivity index (χ4n) is 1.26. The lowest BCUT2D eigenvalue weighted by Gasteiger charge is -2.24. The molecule has 0 saturated carbocycles. The van der Waals surface area contributed by atoms with E-state index in [2.05, 4.69) is 0 Å². The summed E-state index contributed by atoms with van der Waals surface area (Å²) in [6, 6.07) is 9.19. The molecule has 1 rings (SSSR count). The third-order valence-corrected chi connectivity index (χ3v) is 2.29. The van der Waals surface area contributed by atoms with E-state index in [4.69, 9.17) is 11.5 Å². The van der Waals surface area contributed by atoms with Gasteiger partial charge in [0, 0.05) is 0 Å². The summed E-state index contributed by atoms with van der Waals surface area (Å²) in [5.74, 6) is -0.485. The van der Waals surface area contributed by atoms with Crippen molar-refractivity contribution in [3.05, 3.63) is 35.9 Å². The molecule has 0 bridgehead atoms. The molecule has 0 spiro atoms. The lowest BCUT2D eigenvalue weighted by atomic mass is 9.88. The fourth-order valence-corrected chi connectivity index (χ4v) is 1.26. The first-order chi connectivity index (χ1) is 6.11. The maximum Gasteiger partial charge on any atom is 0.242 e. The first-order valence-corrected chi connectivity index (χ1v) is 4.25. The first-order valence-electron chi connectivity index (χ1n) is 4.25. The summed E-state index contributed by atoms with van der Waals surface area (Å²) in [4.78, 5) is 11.1. The predicted molar refractivity (Wildman–Crippen MR) is 51.8 cm³/mol. The number of hydrogen-bond donors (Lipinski definition) is 2. The Morgan fingerprint density at radius 2 is 1.92 bits per heavy atom. The Labute approximate surface area is 77.7 Å². The molecule has 1 unspecified atom stereocenters. The number of benzene rings is 1. The third-order valence-electron chi connectivity index (χ3n) is 2.29. The van der Waals surface area contributed by atoms with E-state index in [1.807, 2.05) is 37.3 Å². The van der Waals surface area contributed by atoms with Crippen LogP contribution in [0.3, 0.4) is 0 Å². The van der Waals surface area contributed by atoms with Gasteiger partial charge in [-0.3, -0.25) is 4.79 Å². The predicted octanol–water partition coefficient (Wildman–Crippen LogP) is 0.736. The maximum atomic E-state index is 11.1. The van der Waals surface area contributed by atoms with Gasteiger partial charge in [0.1, 0.15) is 5.54 Å². The molecule has 0 aromatic heterocycles. The Morgan fingerprint density at radius 1 is 1.38 bits per heavy atom. The van der Waals surface area contributed by atoms with E-state index >= 15 is 0 Å². The second-order valence-electron chi connectivity index (χ2n) is 3.06. The van der Waals surface area contributed by atoms with Crippen molar-refractivity contribution in [2.24, 2.45) is 11.5 Å². The molecule has 0 aliphatic carbocycles. The molecule has 0 aliphatic heterocycles. The number of carbonyl (C=O) groups excluding carboxylic acids is 1. The fraction of sp³-hybridized carbons (Fsp3) is 0.300. The van der Waals surface area contributed by atoms with Gasteiger partial charge in [-0.25, -0.2) is 0 Å². The Kier molecular flexibility index (Phi) is 2.68. The Morgan fingerprint density at radius 3 is 2.31 bits per heavy atom. The van der Waals surface area contributed by atoms with E-state index in [0.717, 1.165) is 5.56 Å². The quantitative estimate of drug-likeness (QED) is 0.716. The van der Waals surface area contributed by atoms with E-state index < -0.39 is 11.4 Å². The summed E-state index contributed by atoms with van der Waals surface area (Å²) < 4.78 is 0. The maximum absolute atomic E-state index is 11.1. The largest absolute Gasteiger partial charge is 0.368 e. The minimum Gasteiger partial charge on any atom is -0.368 e. The first kappa shape index (κ1) is 9.74. The molecule has 13 heavy (non-hydrogen) atoms. The van der Waals surface area contributed by atoms with Gasteiger partial charge in [-0.2, -0.15) is 0 Å². The van der Waals surface area contributed by atoms with Crippen molar-refractivity contribution in [3.63, 3.8) is 0 Å². The molecule has 0 aliphatic rings. The topological polar surface area (TPSA) is 69.1 Å². The molecule has 1 amide bonds. The van der Waals surface area contributed by atoms with Gasteiger partial charge >= 0.3 is 0 Å². The molecule has 3 heteroatoms. The van der Waals surface area contributed by atoms with Crippen LogP contribution in [0, 0.1) is 0 Å². The van der Waals surface area contributed by atoms with Gasteiger partial charge in [0.25, 0.3) is 0 Å². The molecule has 1 atom stereocenters. The molecule has 3 nitrogen and oxygen atoms in total. The van der Waals surface area contributed by atoms with Crippen molar-refractivity contribution in [2.75, 3.05) is 0 Å². The lowest BCUT2D eigenvalue weighted by Crippen LogP contribution is -2.48. The molecule has 0 radical (unpaired) electrons. The van der Waals surface area contributed by atoms with Crippen LogP contribution in [0.5, 0.6) is 0 Å². The highest BCUT2D eigenvalue weighted by Gasteiger charge is 2.31. The highest BCUT2D eigenvalue weighted by atomic mass is 16.1. The van der Waals surface area contributed by atoms with Crippen LogP contribution in [0.4, 0.5) is 0 Å². The zero-order chi connectivity index (χ0) is 9.90. The number of nitrogens with two attached hydrogens (primary N) is 2. The summed E-state index contributed by atoms with van der Waals surface area (Å²) in [6.45, 7) is 1.84. The monoisotopic (exact) mass is 178 g/mol. The smallest absolute Gasteiger partial charge is 0.242 e. The van der Waals surface area contributed by atoms with Crippen LogP contribution in [0.2, 0.25) is 0 Å². The van der Waals surface area contributed by atoms with Gasteiger partial charge in [-0.05, 0) is 12.0 Å². The van der Waals surface area contributed by atoms with E-state index in [1.54, 1.807) is 0 Å². The molecular weight excluding hydrogens is 164 g/mol. The van der Waals surface area contributed by atoms with Crippen molar-refractivity contribution < 1.29 is 4.79 Å². The lowest BCUT2D eigenvalue weighted by molar-refractivity contribution is -0.123. The highest BCUT2D eigenvalue weighted by molar-refractivity contribution is 5.85. The van der Waals surface area contributed by atoms with Crippen LogP contribution in [-0.2, 0) is 10.3 Å². The van der Waals surface area contributed by atoms with Crippen LogP contribution in [0.25, 0.3) is 0 Å². The number of primary amides is 1. The molecule has 1 aromatic rings. The molecule has 4 N–H and O–H groups in total. The summed E-state index contributed by atoms with van der Waals surface area (Å²) in [5.41, 5.74) is 10.9. The van der Waals surface area contributed by atoms with Crippen LogP contribution in [-0.4, -0.2) is 5.91 Å². The summed E-state index contributed by atoms with van der Waals surface area (Å²) >= 11 is 0. The van der Waals surface area contributed by atoms with Crippen molar-refractivity contribution in [1.29, 1.82) is 0 Å². The van der Waals surface area contributed by atoms with Crippen LogP contribution in [0.15, 0.2) is 30.3 Å². The van der Waals surface area contributed by atoms with E-state index in [-0.39, 0.29) is 0 Å². The number of rotatable bonds is 3. The van der Waals surface area contributed by atoms with E-state index in [0.29, 0.717) is 6.42 Å². The van der Waals surface area contributed by atoms with Crippen LogP contribution < -0.4 is 11.5 Å². The minimum absolute atomic E-state index is 0.485. The molecule has 0 heterocycles. The van der Waals surface area contributed by atoms with Crippen LogP contribution >= 0.6 is 0 Å². The average molecular weight is 178 g/mol. The van der Waals surface area contributed by atoms with Gasteiger partial charge in [0.15, 0.2) is 0 Å². The average Bonchev–Trinajstić information content (AvgIpc) is 2.17. The highest BCUT2D eigenvalue weighted by Crippen LogP contribution is 2.20. The second kappa shape index (κ2) is 3.58. The Hall–Kier alpha value is -1.35. The van der Waals surface area contributed by atoms with Crippen LogP contribution in [0.1, 0.15) is 18.9 Å². The van der Waals surface area contributed by atoms with Gasteiger partial charge in [-0.15, -0.1) is 0 Å². The molecule has 70 valence electrons. The number of amides is 1. The zero-order valence-electron chi connectivity index (χ0n) is 7.66. The normalized spacial score (nSPS) is 14.9. The standard InChI is InChI=1S/C10H14N2O/c1-2-10(12,9(11)13)8-6-4-3-5-7-8/h3-7H,2,12H2,1H3,(H2,11,13). The Balaban J connectivity index is 3.11. The molecule has 1 aromatic carbocycles. The SMILES string of the molecule is CCC(N)(C(N)=O)c1ccccc1. The minimum atomic E-state index is -1.03. The van der Waals surface area contributed by atoms with Gasteiger partial charge in [0.05, 0.1) is 0 Å². The number of carbonyl (C=O) groups is 1. The van der Waals surface area contributed by atoms with Gasteiger partial charge in [-0.1, -0.05) is 37.3 Å². The molecule has 0 fully saturated rings. The van der Waals surface area contributed by atoms with Crippen molar-refractivity contribution in [1.82, 2.24) is 0 Å². The zero-order valence-corrected chi connectivity index (χ0v) is 7.66. The Bertz CT molecular complexity index is 297. The van der Waals surface area contributed by atoms with Crippen molar-refractivity contribution in [2.45, 2.75) is 18.9 Å². The van der Waals surface area contributed by atoms with E-state index in [9.17, 15) is 4.79 Å². The number of hydrogen-bond acceptors (Lipinski definition) is 2. The molecular formula is C10H14N2O. The summed E-state index contributed by atoms with van der Waals surface area (Å²) in [5, 5.41) is 0. The van der Waals surface area contributed by atoms with Gasteiger partial charge < -0.3 is 11.5 Å². The third kappa shape index (κ3) is 1.70. The van der Waals surface area contributed by atoms with E-state index in [1.165, 1.54) is 0 Å².